The predicted molar refractivity (Wildman–Crippen MR) is 133 cm³/mol. The van der Waals surface area contributed by atoms with Crippen LogP contribution in [0.15, 0.2) is 42.6 Å². The SMILES string of the molecule is COc1c(Cl)cc(Nc2ncc(Cl)c(Nc3ccccc3CNS(=O)(=O)N(C)C)n2)cc1Cl. The third kappa shape index (κ3) is 6.38. The van der Waals surface area contributed by atoms with Gasteiger partial charge in [0.2, 0.25) is 5.95 Å². The van der Waals surface area contributed by atoms with Gasteiger partial charge in [-0.2, -0.15) is 22.4 Å². The smallest absolute Gasteiger partial charge is 0.279 e. The average molecular weight is 532 g/mol. The molecule has 2 aromatic carbocycles. The van der Waals surface area contributed by atoms with E-state index in [1.807, 2.05) is 6.07 Å². The maximum absolute atomic E-state index is 12.1. The summed E-state index contributed by atoms with van der Waals surface area (Å²) in [5.74, 6) is 0.928. The lowest BCUT2D eigenvalue weighted by Crippen LogP contribution is -2.35. The Bertz CT molecular complexity index is 1230. The van der Waals surface area contributed by atoms with Crippen LogP contribution in [-0.4, -0.2) is 43.9 Å². The minimum Gasteiger partial charge on any atom is -0.494 e. The van der Waals surface area contributed by atoms with Gasteiger partial charge in [-0.1, -0.05) is 53.0 Å². The van der Waals surface area contributed by atoms with E-state index in [9.17, 15) is 8.42 Å². The van der Waals surface area contributed by atoms with Crippen LogP contribution in [0.2, 0.25) is 15.1 Å². The Morgan fingerprint density at radius 1 is 1.03 bits per heavy atom. The van der Waals surface area contributed by atoms with Crippen LogP contribution >= 0.6 is 34.8 Å². The van der Waals surface area contributed by atoms with Crippen molar-refractivity contribution in [3.8, 4) is 5.75 Å². The first kappa shape index (κ1) is 25.3. The predicted octanol–water partition coefficient (Wildman–Crippen LogP) is 4.83. The van der Waals surface area contributed by atoms with Crippen LogP contribution in [0.25, 0.3) is 0 Å². The van der Waals surface area contributed by atoms with E-state index in [2.05, 4.69) is 25.3 Å². The van der Waals surface area contributed by atoms with Gasteiger partial charge in [0.15, 0.2) is 11.6 Å². The second kappa shape index (κ2) is 10.7. The van der Waals surface area contributed by atoms with Crippen LogP contribution in [0, 0.1) is 0 Å². The lowest BCUT2D eigenvalue weighted by atomic mass is 10.2. The number of anilines is 4. The summed E-state index contributed by atoms with van der Waals surface area (Å²) in [7, 11) is 0.790. The average Bonchev–Trinajstić information content (AvgIpc) is 2.75. The number of benzene rings is 2. The Balaban J connectivity index is 1.83. The summed E-state index contributed by atoms with van der Waals surface area (Å²) >= 11 is 18.7. The molecule has 1 aromatic heterocycles. The Labute approximate surface area is 207 Å². The van der Waals surface area contributed by atoms with Crippen molar-refractivity contribution in [2.75, 3.05) is 31.8 Å². The number of nitrogens with one attached hydrogen (secondary N) is 3. The molecular formula is C20H21Cl3N6O3S. The molecule has 0 saturated carbocycles. The maximum Gasteiger partial charge on any atom is 0.279 e. The summed E-state index contributed by atoms with van der Waals surface area (Å²) in [6, 6.07) is 10.4. The van der Waals surface area contributed by atoms with Gasteiger partial charge in [0.05, 0.1) is 23.4 Å². The number of methoxy groups -OCH3 is 1. The summed E-state index contributed by atoms with van der Waals surface area (Å²) < 4.78 is 32.9. The van der Waals surface area contributed by atoms with Crippen molar-refractivity contribution in [3.05, 3.63) is 63.2 Å². The highest BCUT2D eigenvalue weighted by molar-refractivity contribution is 7.87. The van der Waals surface area contributed by atoms with E-state index in [0.29, 0.717) is 38.6 Å². The molecule has 0 amide bonds. The molecule has 33 heavy (non-hydrogen) atoms. The molecule has 0 atom stereocenters. The third-order valence-electron chi connectivity index (χ3n) is 4.40. The quantitative estimate of drug-likeness (QED) is 0.363. The standard InChI is InChI=1S/C20H21Cl3N6O3S/c1-29(2)33(30,31)25-10-12-6-4-5-7-17(12)27-19-16(23)11-24-20(28-19)26-13-8-14(21)18(32-3)15(22)9-13/h4-9,11,25H,10H2,1-3H3,(H2,24,26,27,28). The summed E-state index contributed by atoms with van der Waals surface area (Å²) in [6.45, 7) is 0.0698. The Hall–Kier alpha value is -2.34. The summed E-state index contributed by atoms with van der Waals surface area (Å²) in [6.07, 6.45) is 1.43. The van der Waals surface area contributed by atoms with Gasteiger partial charge in [-0.05, 0) is 23.8 Å². The third-order valence-corrected chi connectivity index (χ3v) is 6.71. The first-order valence-corrected chi connectivity index (χ1v) is 12.0. The Morgan fingerprint density at radius 3 is 2.33 bits per heavy atom. The van der Waals surface area contributed by atoms with Crippen LogP contribution in [0.1, 0.15) is 5.56 Å². The van der Waals surface area contributed by atoms with Crippen LogP contribution < -0.4 is 20.1 Å². The molecule has 0 spiro atoms. The van der Waals surface area contributed by atoms with E-state index in [1.54, 1.807) is 30.3 Å². The Morgan fingerprint density at radius 2 is 1.70 bits per heavy atom. The molecule has 176 valence electrons. The molecular weight excluding hydrogens is 511 g/mol. The second-order valence-electron chi connectivity index (χ2n) is 6.88. The number of rotatable bonds is 9. The molecule has 0 aliphatic carbocycles. The van der Waals surface area contributed by atoms with Crippen LogP contribution in [0.4, 0.5) is 23.1 Å². The fraction of sp³-hybridized carbons (Fsp3) is 0.200. The highest BCUT2D eigenvalue weighted by Crippen LogP contribution is 2.36. The molecule has 0 aliphatic heterocycles. The number of para-hydroxylation sites is 1. The normalized spacial score (nSPS) is 11.5. The molecule has 0 bridgehead atoms. The largest absolute Gasteiger partial charge is 0.494 e. The zero-order chi connectivity index (χ0) is 24.2. The highest BCUT2D eigenvalue weighted by Gasteiger charge is 2.15. The van der Waals surface area contributed by atoms with Crippen molar-refractivity contribution in [2.24, 2.45) is 0 Å². The molecule has 0 radical (unpaired) electrons. The molecule has 0 unspecified atom stereocenters. The summed E-state index contributed by atoms with van der Waals surface area (Å²) in [4.78, 5) is 8.59. The van der Waals surface area contributed by atoms with E-state index < -0.39 is 10.2 Å². The monoisotopic (exact) mass is 530 g/mol. The molecule has 3 aromatic rings. The maximum atomic E-state index is 12.1. The van der Waals surface area contributed by atoms with Crippen molar-refractivity contribution in [1.29, 1.82) is 0 Å². The number of halogens is 3. The lowest BCUT2D eigenvalue weighted by Gasteiger charge is -2.16. The van der Waals surface area contributed by atoms with Gasteiger partial charge in [-0.15, -0.1) is 0 Å². The summed E-state index contributed by atoms with van der Waals surface area (Å²) in [5, 5.41) is 7.08. The van der Waals surface area contributed by atoms with Crippen molar-refractivity contribution >= 4 is 68.2 Å². The van der Waals surface area contributed by atoms with Gasteiger partial charge in [-0.25, -0.2) is 4.98 Å². The molecule has 0 fully saturated rings. The number of ether oxygens (including phenoxy) is 1. The second-order valence-corrected chi connectivity index (χ2v) is 10.1. The molecule has 0 saturated heterocycles. The molecule has 1 heterocycles. The zero-order valence-corrected chi connectivity index (χ0v) is 20.9. The lowest BCUT2D eigenvalue weighted by molar-refractivity contribution is 0.415. The fourth-order valence-corrected chi connectivity index (χ4v) is 4.07. The number of aromatic nitrogens is 2. The number of hydrogen-bond acceptors (Lipinski definition) is 7. The fourth-order valence-electron chi connectivity index (χ4n) is 2.69. The highest BCUT2D eigenvalue weighted by atomic mass is 35.5. The first-order valence-electron chi connectivity index (χ1n) is 9.45. The zero-order valence-electron chi connectivity index (χ0n) is 17.9. The van der Waals surface area contributed by atoms with E-state index in [0.717, 1.165) is 4.31 Å². The van der Waals surface area contributed by atoms with Crippen molar-refractivity contribution in [3.63, 3.8) is 0 Å². The van der Waals surface area contributed by atoms with Crippen LogP contribution in [-0.2, 0) is 16.8 Å². The molecule has 3 N–H and O–H groups in total. The van der Waals surface area contributed by atoms with Crippen molar-refractivity contribution in [1.82, 2.24) is 19.0 Å². The van der Waals surface area contributed by atoms with Gasteiger partial charge < -0.3 is 15.4 Å². The van der Waals surface area contributed by atoms with Crippen molar-refractivity contribution in [2.45, 2.75) is 6.54 Å². The minimum atomic E-state index is -3.58. The molecule has 9 nitrogen and oxygen atoms in total. The van der Waals surface area contributed by atoms with Gasteiger partial charge in [0, 0.05) is 32.0 Å². The number of nitrogens with zero attached hydrogens (tertiary/aromatic N) is 3. The minimum absolute atomic E-state index is 0.0698. The van der Waals surface area contributed by atoms with Crippen molar-refractivity contribution < 1.29 is 13.2 Å². The van der Waals surface area contributed by atoms with Crippen LogP contribution in [0.5, 0.6) is 5.75 Å². The topological polar surface area (TPSA) is 108 Å². The van der Waals surface area contributed by atoms with Crippen LogP contribution in [0.3, 0.4) is 0 Å². The Kier molecular flexibility index (Phi) is 8.22. The van der Waals surface area contributed by atoms with E-state index in [4.69, 9.17) is 39.5 Å². The van der Waals surface area contributed by atoms with E-state index in [-0.39, 0.29) is 17.5 Å². The first-order chi connectivity index (χ1) is 15.6. The molecule has 13 heteroatoms. The van der Waals surface area contributed by atoms with E-state index >= 15 is 0 Å². The molecule has 3 rings (SSSR count). The molecule has 0 aliphatic rings. The summed E-state index contributed by atoms with van der Waals surface area (Å²) in [5.41, 5.74) is 1.87. The van der Waals surface area contributed by atoms with E-state index in [1.165, 1.54) is 27.4 Å². The number of hydrogen-bond donors (Lipinski definition) is 3. The van der Waals surface area contributed by atoms with Gasteiger partial charge in [0.25, 0.3) is 10.2 Å². The van der Waals surface area contributed by atoms with Gasteiger partial charge in [0.1, 0.15) is 5.02 Å². The van der Waals surface area contributed by atoms with Gasteiger partial charge >= 0.3 is 0 Å². The van der Waals surface area contributed by atoms with Gasteiger partial charge in [-0.3, -0.25) is 0 Å².